The lowest BCUT2D eigenvalue weighted by atomic mass is 9.77. The zero-order chi connectivity index (χ0) is 18.7. The predicted octanol–water partition coefficient (Wildman–Crippen LogP) is 1.21. The summed E-state index contributed by atoms with van der Waals surface area (Å²) in [7, 11) is 0. The van der Waals surface area contributed by atoms with Crippen molar-refractivity contribution in [3.8, 4) is 0 Å². The first-order valence-corrected chi connectivity index (χ1v) is 9.17. The molecule has 0 bridgehead atoms. The van der Waals surface area contributed by atoms with Gasteiger partial charge in [0.25, 0.3) is 0 Å². The number of aliphatic hydroxyl groups excluding tert-OH is 3. The molecule has 5 nitrogen and oxygen atoms in total. The average molecular weight is 350 g/mol. The van der Waals surface area contributed by atoms with E-state index in [0.717, 1.165) is 0 Å². The fourth-order valence-corrected chi connectivity index (χ4v) is 5.12. The fraction of sp³-hybridized carbons (Fsp3) is 0.750. The number of ketones is 1. The van der Waals surface area contributed by atoms with Gasteiger partial charge in [-0.1, -0.05) is 32.9 Å². The van der Waals surface area contributed by atoms with Gasteiger partial charge in [0, 0.05) is 0 Å². The molecule has 0 saturated heterocycles. The molecular weight excluding hydrogens is 320 g/mol. The van der Waals surface area contributed by atoms with Crippen LogP contribution in [0.2, 0.25) is 0 Å². The Kier molecular flexibility index (Phi) is 4.52. The average Bonchev–Trinajstić information content (AvgIpc) is 2.94. The Balaban J connectivity index is 2.10. The van der Waals surface area contributed by atoms with Crippen LogP contribution in [0.15, 0.2) is 23.3 Å². The summed E-state index contributed by atoms with van der Waals surface area (Å²) in [6.07, 6.45) is 2.33. The topological polar surface area (TPSA) is 98.0 Å². The first-order chi connectivity index (χ1) is 11.6. The van der Waals surface area contributed by atoms with Gasteiger partial charge in [-0.3, -0.25) is 4.79 Å². The van der Waals surface area contributed by atoms with Gasteiger partial charge in [-0.05, 0) is 54.1 Å². The molecule has 0 unspecified atom stereocenters. The molecule has 4 N–H and O–H groups in total. The number of aliphatic hydroxyl groups is 4. The Labute approximate surface area is 149 Å². The van der Waals surface area contributed by atoms with Crippen molar-refractivity contribution in [1.82, 2.24) is 0 Å². The third-order valence-corrected chi connectivity index (χ3v) is 6.99. The van der Waals surface area contributed by atoms with Crippen LogP contribution in [0, 0.1) is 29.1 Å². The molecule has 0 aromatic rings. The fourth-order valence-electron chi connectivity index (χ4n) is 5.12. The Bertz CT molecular complexity index is 634. The lowest BCUT2D eigenvalue weighted by Gasteiger charge is -2.34. The maximum absolute atomic E-state index is 13.1. The monoisotopic (exact) mass is 350 g/mol. The van der Waals surface area contributed by atoms with Crippen LogP contribution in [0.5, 0.6) is 0 Å². The standard InChI is InChI=1S/C20H30O5/c1-10-7-14-13(19(14,3)4)6-5-12(9-21)17(23)15-16(22)11(2)8-20(15,25)18(10)24/h5,7,11,13-17,21-23,25H,6,8-9H2,1-4H3/b10-7+,12-5-/t11-,13-,14+,15+,16-,17+,20+/m0/s1. The molecule has 2 saturated carbocycles. The number of hydrogen-bond acceptors (Lipinski definition) is 5. The van der Waals surface area contributed by atoms with E-state index in [-0.39, 0.29) is 30.3 Å². The lowest BCUT2D eigenvalue weighted by Crippen LogP contribution is -2.51. The van der Waals surface area contributed by atoms with Gasteiger partial charge in [0.1, 0.15) is 5.60 Å². The number of carbonyl (C=O) groups excluding carboxylic acids is 1. The second kappa shape index (κ2) is 6.02. The normalized spacial score (nSPS) is 50.6. The highest BCUT2D eigenvalue weighted by molar-refractivity contribution is 6.02. The number of allylic oxidation sites excluding steroid dienone is 2. The molecule has 25 heavy (non-hydrogen) atoms. The summed E-state index contributed by atoms with van der Waals surface area (Å²) in [4.78, 5) is 13.1. The van der Waals surface area contributed by atoms with Crippen molar-refractivity contribution in [2.24, 2.45) is 29.1 Å². The quantitative estimate of drug-likeness (QED) is 0.533. The first-order valence-electron chi connectivity index (χ1n) is 9.17. The van der Waals surface area contributed by atoms with Gasteiger partial charge in [0.2, 0.25) is 0 Å². The van der Waals surface area contributed by atoms with Crippen molar-refractivity contribution in [2.45, 2.75) is 58.3 Å². The maximum atomic E-state index is 13.1. The van der Waals surface area contributed by atoms with E-state index in [9.17, 15) is 25.2 Å². The van der Waals surface area contributed by atoms with Crippen molar-refractivity contribution >= 4 is 5.78 Å². The van der Waals surface area contributed by atoms with Gasteiger partial charge in [-0.25, -0.2) is 0 Å². The number of carbonyl (C=O) groups is 1. The molecule has 0 spiro atoms. The minimum absolute atomic E-state index is 0.0489. The SMILES string of the molecule is C/C1=C\[C@@H]2[C@H](C/C=C(/CO)[C@@H](O)[C@H]3[C@@H](O)[C@@H](C)C[C@]3(O)C1=O)C2(C)C. The molecule has 3 aliphatic rings. The number of fused-ring (bicyclic) bond motifs is 2. The van der Waals surface area contributed by atoms with E-state index in [0.29, 0.717) is 23.5 Å². The summed E-state index contributed by atoms with van der Waals surface area (Å²) in [6, 6.07) is 0. The second-order valence-electron chi connectivity index (χ2n) is 8.87. The zero-order valence-electron chi connectivity index (χ0n) is 15.4. The lowest BCUT2D eigenvalue weighted by molar-refractivity contribution is -0.144. The molecule has 2 fully saturated rings. The minimum atomic E-state index is -1.81. The molecule has 0 amide bonds. The summed E-state index contributed by atoms with van der Waals surface area (Å²) in [5, 5.41) is 42.3. The Morgan fingerprint density at radius 1 is 1.28 bits per heavy atom. The van der Waals surface area contributed by atoms with E-state index >= 15 is 0 Å². The van der Waals surface area contributed by atoms with Crippen LogP contribution < -0.4 is 0 Å². The molecule has 0 radical (unpaired) electrons. The first kappa shape index (κ1) is 18.8. The molecular formula is C20H30O5. The van der Waals surface area contributed by atoms with Crippen molar-refractivity contribution in [2.75, 3.05) is 6.61 Å². The van der Waals surface area contributed by atoms with E-state index in [2.05, 4.69) is 13.8 Å². The van der Waals surface area contributed by atoms with Gasteiger partial charge in [-0.2, -0.15) is 0 Å². The van der Waals surface area contributed by atoms with Gasteiger partial charge in [-0.15, -0.1) is 0 Å². The van der Waals surface area contributed by atoms with Crippen molar-refractivity contribution in [1.29, 1.82) is 0 Å². The molecule has 140 valence electrons. The smallest absolute Gasteiger partial charge is 0.190 e. The number of hydrogen-bond donors (Lipinski definition) is 4. The highest BCUT2D eigenvalue weighted by Gasteiger charge is 2.60. The van der Waals surface area contributed by atoms with E-state index in [1.807, 2.05) is 12.2 Å². The highest BCUT2D eigenvalue weighted by atomic mass is 16.3. The van der Waals surface area contributed by atoms with Gasteiger partial charge < -0.3 is 20.4 Å². The third-order valence-electron chi connectivity index (χ3n) is 6.99. The summed E-state index contributed by atoms with van der Waals surface area (Å²) < 4.78 is 0. The molecule has 0 aromatic heterocycles. The van der Waals surface area contributed by atoms with Crippen LogP contribution in [0.25, 0.3) is 0 Å². The zero-order valence-corrected chi connectivity index (χ0v) is 15.4. The Hall–Kier alpha value is -1.01. The summed E-state index contributed by atoms with van der Waals surface area (Å²) in [5.41, 5.74) is -0.890. The molecule has 3 aliphatic carbocycles. The largest absolute Gasteiger partial charge is 0.392 e. The van der Waals surface area contributed by atoms with Crippen molar-refractivity contribution in [3.63, 3.8) is 0 Å². The van der Waals surface area contributed by atoms with Crippen LogP contribution in [0.4, 0.5) is 0 Å². The summed E-state index contributed by atoms with van der Waals surface area (Å²) in [6.45, 7) is 7.41. The second-order valence-corrected chi connectivity index (χ2v) is 8.87. The van der Waals surface area contributed by atoms with Gasteiger partial charge in [0.05, 0.1) is 24.7 Å². The van der Waals surface area contributed by atoms with E-state index in [1.165, 1.54) is 0 Å². The van der Waals surface area contributed by atoms with Crippen molar-refractivity contribution in [3.05, 3.63) is 23.3 Å². The molecule has 0 aliphatic heterocycles. The van der Waals surface area contributed by atoms with Gasteiger partial charge >= 0.3 is 0 Å². The van der Waals surface area contributed by atoms with Crippen LogP contribution >= 0.6 is 0 Å². The number of rotatable bonds is 1. The van der Waals surface area contributed by atoms with E-state index < -0.39 is 29.5 Å². The highest BCUT2D eigenvalue weighted by Crippen LogP contribution is 2.61. The number of Topliss-reactive ketones (excluding diaryl/α,β-unsaturated/α-hetero) is 1. The van der Waals surface area contributed by atoms with Crippen molar-refractivity contribution < 1.29 is 25.2 Å². The molecule has 3 rings (SSSR count). The van der Waals surface area contributed by atoms with Gasteiger partial charge in [0.15, 0.2) is 5.78 Å². The molecule has 0 heterocycles. The van der Waals surface area contributed by atoms with Crippen LogP contribution in [0.1, 0.15) is 40.5 Å². The van der Waals surface area contributed by atoms with E-state index in [1.54, 1.807) is 13.8 Å². The minimum Gasteiger partial charge on any atom is -0.392 e. The summed E-state index contributed by atoms with van der Waals surface area (Å²) >= 11 is 0. The summed E-state index contributed by atoms with van der Waals surface area (Å²) in [5.74, 6) is -1.19. The van der Waals surface area contributed by atoms with Crippen LogP contribution in [-0.2, 0) is 4.79 Å². The maximum Gasteiger partial charge on any atom is 0.190 e. The third kappa shape index (κ3) is 2.72. The van der Waals surface area contributed by atoms with Crippen LogP contribution in [-0.4, -0.2) is 50.6 Å². The van der Waals surface area contributed by atoms with Crippen LogP contribution in [0.3, 0.4) is 0 Å². The molecule has 5 heteroatoms. The molecule has 0 aromatic carbocycles. The Morgan fingerprint density at radius 2 is 1.92 bits per heavy atom. The Morgan fingerprint density at radius 3 is 2.52 bits per heavy atom. The predicted molar refractivity (Wildman–Crippen MR) is 93.5 cm³/mol. The van der Waals surface area contributed by atoms with E-state index in [4.69, 9.17) is 0 Å². The molecule has 7 atom stereocenters.